The Hall–Kier alpha value is -2.04. The molecule has 0 amide bonds. The average molecular weight is 565 g/mol. The molecule has 0 N–H and O–H groups in total. The molecule has 0 atom stereocenters. The van der Waals surface area contributed by atoms with Crippen LogP contribution in [0.15, 0.2) is 104 Å². The van der Waals surface area contributed by atoms with Gasteiger partial charge in [0.1, 0.15) is 18.2 Å². The highest BCUT2D eigenvalue weighted by Crippen LogP contribution is 2.38. The average Bonchev–Trinajstić information content (AvgIpc) is 3.29. The van der Waals surface area contributed by atoms with Gasteiger partial charge < -0.3 is 4.74 Å². The van der Waals surface area contributed by atoms with Crippen LogP contribution in [0.4, 0.5) is 8.78 Å². The van der Waals surface area contributed by atoms with Crippen molar-refractivity contribution in [2.45, 2.75) is 32.3 Å². The van der Waals surface area contributed by atoms with Crippen LogP contribution >= 0.6 is 58.4 Å². The van der Waals surface area contributed by atoms with E-state index < -0.39 is 0 Å². The molecule has 0 bridgehead atoms. The Balaban J connectivity index is 1.54. The van der Waals surface area contributed by atoms with Gasteiger partial charge in [-0.15, -0.1) is 34.9 Å². The molecule has 0 saturated carbocycles. The van der Waals surface area contributed by atoms with Crippen molar-refractivity contribution in [2.75, 3.05) is 0 Å². The van der Waals surface area contributed by atoms with Crippen LogP contribution in [0.1, 0.15) is 11.3 Å². The molecule has 0 fully saturated rings. The minimum Gasteiger partial charge on any atom is -0.475 e. The lowest BCUT2D eigenvalue weighted by Gasteiger charge is -2.18. The third-order valence-electron chi connectivity index (χ3n) is 4.41. The maximum absolute atomic E-state index is 13.4. The summed E-state index contributed by atoms with van der Waals surface area (Å²) in [6.07, 6.45) is 2.17. The van der Waals surface area contributed by atoms with E-state index in [2.05, 4.69) is 9.38 Å². The summed E-state index contributed by atoms with van der Waals surface area (Å²) in [7, 11) is 0. The molecule has 10 heteroatoms. The lowest BCUT2D eigenvalue weighted by atomic mass is 10.3. The number of thioether (sulfide) groups is 2. The summed E-state index contributed by atoms with van der Waals surface area (Å²) in [5, 5.41) is 0. The topological polar surface area (TPSA) is 34.5 Å². The zero-order valence-corrected chi connectivity index (χ0v) is 22.2. The molecule has 0 aliphatic carbocycles. The second-order valence-corrected chi connectivity index (χ2v) is 12.4. The molecule has 1 aromatic heterocycles. The quantitative estimate of drug-likeness (QED) is 0.0631. The maximum atomic E-state index is 13.4. The summed E-state index contributed by atoms with van der Waals surface area (Å²) in [4.78, 5) is 7.77. The second-order valence-electron chi connectivity index (χ2n) is 7.03. The highest BCUT2D eigenvalue weighted by atomic mass is 35.5. The van der Waals surface area contributed by atoms with Gasteiger partial charge >= 0.3 is 0 Å². The molecule has 3 nitrogen and oxygen atoms in total. The summed E-state index contributed by atoms with van der Waals surface area (Å²) >= 11 is 11.8. The fraction of sp³-hybridized carbons (Fsp3) is 0.120. The molecular formula is C25H19ClF2N2OS4. The molecule has 35 heavy (non-hydrogen) atoms. The highest BCUT2D eigenvalue weighted by Gasteiger charge is 2.18. The predicted octanol–water partition coefficient (Wildman–Crippen LogP) is 9.00. The number of aromatic nitrogens is 1. The summed E-state index contributed by atoms with van der Waals surface area (Å²) in [6.45, 7) is 0.299. The minimum atomic E-state index is -0.287. The molecule has 0 aliphatic rings. The van der Waals surface area contributed by atoms with E-state index in [1.165, 1.54) is 47.6 Å². The van der Waals surface area contributed by atoms with Crippen molar-refractivity contribution in [2.24, 2.45) is 4.40 Å². The second kappa shape index (κ2) is 13.3. The van der Waals surface area contributed by atoms with Gasteiger partial charge in [0, 0.05) is 39.3 Å². The molecule has 180 valence electrons. The van der Waals surface area contributed by atoms with Crippen molar-refractivity contribution in [3.63, 3.8) is 0 Å². The molecule has 0 saturated heterocycles. The van der Waals surface area contributed by atoms with Gasteiger partial charge in [0.05, 0.1) is 9.46 Å². The van der Waals surface area contributed by atoms with Crippen LogP contribution in [0.3, 0.4) is 0 Å². The van der Waals surface area contributed by atoms with E-state index in [0.29, 0.717) is 23.4 Å². The fourth-order valence-corrected chi connectivity index (χ4v) is 6.80. The van der Waals surface area contributed by atoms with E-state index >= 15 is 0 Å². The smallest absolute Gasteiger partial charge is 0.197 e. The van der Waals surface area contributed by atoms with Gasteiger partial charge in [0.25, 0.3) is 0 Å². The lowest BCUT2D eigenvalue weighted by Crippen LogP contribution is -2.11. The van der Waals surface area contributed by atoms with Crippen LogP contribution in [0.2, 0.25) is 4.47 Å². The molecule has 0 spiro atoms. The molecule has 4 aromatic rings. The molecule has 3 aromatic carbocycles. The van der Waals surface area contributed by atoms with Crippen molar-refractivity contribution in [1.29, 1.82) is 0 Å². The third-order valence-corrected chi connectivity index (χ3v) is 8.80. The molecular weight excluding hydrogens is 546 g/mol. The number of nitrogens with zero attached hydrogens (tertiary/aromatic N) is 2. The Bertz CT molecular complexity index is 1190. The molecule has 0 radical (unpaired) electrons. The zero-order chi connectivity index (χ0) is 24.5. The first-order valence-corrected chi connectivity index (χ1v) is 14.1. The monoisotopic (exact) mass is 564 g/mol. The summed E-state index contributed by atoms with van der Waals surface area (Å²) in [5.74, 6) is -0.0205. The van der Waals surface area contributed by atoms with Crippen LogP contribution < -0.4 is 0 Å². The maximum Gasteiger partial charge on any atom is 0.197 e. The van der Waals surface area contributed by atoms with Gasteiger partial charge in [-0.25, -0.2) is 13.8 Å². The van der Waals surface area contributed by atoms with E-state index in [4.69, 9.17) is 16.3 Å². The van der Waals surface area contributed by atoms with Crippen molar-refractivity contribution in [3.05, 3.63) is 106 Å². The standard InChI is InChI=1S/C25H19ClF2N2OS4/c26-25-29-15-22(34-25)16-31-23(30-35-21-4-2-1-3-5-21)14-24(32-19-10-6-17(27)7-11-19)33-20-12-8-18(28)9-13-20/h1-13,15,24H,14,16H2/b30-23-. The van der Waals surface area contributed by atoms with Crippen LogP contribution in [0.25, 0.3) is 0 Å². The van der Waals surface area contributed by atoms with Crippen molar-refractivity contribution in [3.8, 4) is 0 Å². The third kappa shape index (κ3) is 8.84. The van der Waals surface area contributed by atoms with E-state index in [9.17, 15) is 8.78 Å². The summed E-state index contributed by atoms with van der Waals surface area (Å²) in [6, 6.07) is 22.5. The van der Waals surface area contributed by atoms with E-state index in [0.717, 1.165) is 19.6 Å². The number of hydrogen-bond donors (Lipinski definition) is 0. The molecule has 0 aliphatic heterocycles. The number of ether oxygens (including phenoxy) is 1. The van der Waals surface area contributed by atoms with E-state index in [1.807, 2.05) is 30.3 Å². The first-order valence-electron chi connectivity index (χ1n) is 10.4. The lowest BCUT2D eigenvalue weighted by molar-refractivity contribution is 0.289. The Morgan fingerprint density at radius 1 is 0.886 bits per heavy atom. The highest BCUT2D eigenvalue weighted by molar-refractivity contribution is 8.17. The number of benzene rings is 3. The summed E-state index contributed by atoms with van der Waals surface area (Å²) in [5.41, 5.74) is 0. The number of hydrogen-bond acceptors (Lipinski definition) is 7. The van der Waals surface area contributed by atoms with Gasteiger partial charge in [-0.3, -0.25) is 0 Å². The van der Waals surface area contributed by atoms with Gasteiger partial charge in [-0.2, -0.15) is 4.40 Å². The number of rotatable bonds is 10. The molecule has 1 heterocycles. The number of thiazole rings is 1. The van der Waals surface area contributed by atoms with Crippen molar-refractivity contribution in [1.82, 2.24) is 4.98 Å². The minimum absolute atomic E-state index is 0.0638. The van der Waals surface area contributed by atoms with Crippen LogP contribution in [0.5, 0.6) is 0 Å². The SMILES string of the molecule is Fc1ccc(SC(C/C(=N/Sc2ccccc2)OCc2cnc(Cl)s2)Sc2ccc(F)cc2)cc1. The van der Waals surface area contributed by atoms with Crippen molar-refractivity contribution >= 4 is 64.3 Å². The number of halogens is 3. The first kappa shape index (κ1) is 26.0. The molecule has 4 rings (SSSR count). The van der Waals surface area contributed by atoms with Gasteiger partial charge in [0.2, 0.25) is 0 Å². The van der Waals surface area contributed by atoms with Crippen LogP contribution in [-0.2, 0) is 11.3 Å². The van der Waals surface area contributed by atoms with Gasteiger partial charge in [0.15, 0.2) is 10.4 Å². The van der Waals surface area contributed by atoms with Crippen molar-refractivity contribution < 1.29 is 13.5 Å². The Labute approximate surface area is 224 Å². The first-order chi connectivity index (χ1) is 17.0. The van der Waals surface area contributed by atoms with Crippen LogP contribution in [0, 0.1) is 11.6 Å². The summed E-state index contributed by atoms with van der Waals surface area (Å²) < 4.78 is 38.1. The van der Waals surface area contributed by atoms with E-state index in [1.54, 1.807) is 54.0 Å². The molecule has 0 unspecified atom stereocenters. The Kier molecular flexibility index (Phi) is 9.91. The van der Waals surface area contributed by atoms with Gasteiger partial charge in [-0.1, -0.05) is 29.8 Å². The normalized spacial score (nSPS) is 11.7. The largest absolute Gasteiger partial charge is 0.475 e. The van der Waals surface area contributed by atoms with E-state index in [-0.39, 0.29) is 16.2 Å². The zero-order valence-electron chi connectivity index (χ0n) is 18.1. The van der Waals surface area contributed by atoms with Crippen LogP contribution in [-0.4, -0.2) is 15.5 Å². The Morgan fingerprint density at radius 2 is 1.49 bits per heavy atom. The predicted molar refractivity (Wildman–Crippen MR) is 145 cm³/mol. The fourth-order valence-electron chi connectivity index (χ4n) is 2.79. The Morgan fingerprint density at radius 3 is 2.03 bits per heavy atom. The van der Waals surface area contributed by atoms with Gasteiger partial charge in [-0.05, 0) is 60.7 Å².